The van der Waals surface area contributed by atoms with E-state index in [2.05, 4.69) is 15.6 Å². The van der Waals surface area contributed by atoms with Gasteiger partial charge in [-0.3, -0.25) is 9.48 Å². The van der Waals surface area contributed by atoms with Crippen LogP contribution in [0.15, 0.2) is 12.4 Å². The first-order chi connectivity index (χ1) is 9.50. The summed E-state index contributed by atoms with van der Waals surface area (Å²) in [6.07, 6.45) is 4.05. The molecule has 20 heavy (non-hydrogen) atoms. The van der Waals surface area contributed by atoms with Gasteiger partial charge in [-0.15, -0.1) is 5.10 Å². The summed E-state index contributed by atoms with van der Waals surface area (Å²) in [6, 6.07) is -0.274. The lowest BCUT2D eigenvalue weighted by Crippen LogP contribution is -2.45. The Bertz CT molecular complexity index is 419. The largest absolute Gasteiger partial charge is 0.481 e. The second-order valence-electron chi connectivity index (χ2n) is 4.68. The van der Waals surface area contributed by atoms with E-state index < -0.39 is 5.97 Å². The maximum atomic E-state index is 11.9. The van der Waals surface area contributed by atoms with E-state index in [0.29, 0.717) is 13.1 Å². The van der Waals surface area contributed by atoms with E-state index in [0.717, 1.165) is 6.42 Å². The summed E-state index contributed by atoms with van der Waals surface area (Å²) < 4.78 is 1.69. The van der Waals surface area contributed by atoms with E-state index in [1.165, 1.54) is 4.90 Å². The molecule has 0 atom stereocenters. The summed E-state index contributed by atoms with van der Waals surface area (Å²) in [5, 5.41) is 19.0. The molecule has 1 aromatic rings. The van der Waals surface area contributed by atoms with E-state index >= 15 is 0 Å². The van der Waals surface area contributed by atoms with Crippen molar-refractivity contribution in [2.45, 2.75) is 39.3 Å². The smallest absolute Gasteiger partial charge is 0.317 e. The van der Waals surface area contributed by atoms with E-state index in [-0.39, 0.29) is 25.0 Å². The summed E-state index contributed by atoms with van der Waals surface area (Å²) in [7, 11) is 0. The van der Waals surface area contributed by atoms with E-state index in [1.54, 1.807) is 17.1 Å². The quantitative estimate of drug-likeness (QED) is 0.679. The van der Waals surface area contributed by atoms with Gasteiger partial charge in [-0.2, -0.15) is 0 Å². The third kappa shape index (κ3) is 5.68. The fourth-order valence-corrected chi connectivity index (χ4v) is 1.70. The van der Waals surface area contributed by atoms with Gasteiger partial charge in [0.15, 0.2) is 0 Å². The van der Waals surface area contributed by atoms with Crippen LogP contribution < -0.4 is 5.32 Å². The van der Waals surface area contributed by atoms with E-state index in [9.17, 15) is 9.59 Å². The lowest BCUT2D eigenvalue weighted by Gasteiger charge is -2.26. The molecule has 112 valence electrons. The third-order valence-electron chi connectivity index (χ3n) is 2.76. The van der Waals surface area contributed by atoms with Gasteiger partial charge in [0, 0.05) is 31.9 Å². The first-order valence-electron chi connectivity index (χ1n) is 6.61. The Kier molecular flexibility index (Phi) is 6.48. The molecule has 1 aromatic heterocycles. The third-order valence-corrected chi connectivity index (χ3v) is 2.76. The van der Waals surface area contributed by atoms with Crippen molar-refractivity contribution >= 4 is 12.0 Å². The summed E-state index contributed by atoms with van der Waals surface area (Å²) in [4.78, 5) is 24.0. The molecule has 0 aliphatic heterocycles. The Hall–Kier alpha value is -2.12. The first kappa shape index (κ1) is 15.9. The van der Waals surface area contributed by atoms with Gasteiger partial charge in [-0.1, -0.05) is 5.21 Å². The number of carboxylic acids is 1. The molecule has 1 heterocycles. The second kappa shape index (κ2) is 8.13. The van der Waals surface area contributed by atoms with Crippen molar-refractivity contribution in [3.8, 4) is 0 Å². The minimum atomic E-state index is -0.908. The van der Waals surface area contributed by atoms with Crippen LogP contribution in [-0.4, -0.2) is 56.1 Å². The fraction of sp³-hybridized carbons (Fsp3) is 0.667. The predicted octanol–water partition coefficient (Wildman–Crippen LogP) is 0.563. The van der Waals surface area contributed by atoms with Crippen molar-refractivity contribution in [1.82, 2.24) is 25.2 Å². The average Bonchev–Trinajstić information content (AvgIpc) is 2.87. The van der Waals surface area contributed by atoms with Crippen molar-refractivity contribution in [3.63, 3.8) is 0 Å². The van der Waals surface area contributed by atoms with Crippen LogP contribution in [0.25, 0.3) is 0 Å². The van der Waals surface area contributed by atoms with Gasteiger partial charge in [0.25, 0.3) is 0 Å². The van der Waals surface area contributed by atoms with Gasteiger partial charge in [0.1, 0.15) is 0 Å². The normalized spacial score (nSPS) is 10.6. The van der Waals surface area contributed by atoms with Crippen molar-refractivity contribution in [2.24, 2.45) is 0 Å². The van der Waals surface area contributed by atoms with E-state index in [1.807, 2.05) is 13.8 Å². The molecule has 8 nitrogen and oxygen atoms in total. The highest BCUT2D eigenvalue weighted by molar-refractivity contribution is 5.75. The zero-order chi connectivity index (χ0) is 15.0. The van der Waals surface area contributed by atoms with Crippen LogP contribution in [0.5, 0.6) is 0 Å². The Balaban J connectivity index is 2.28. The Morgan fingerprint density at radius 1 is 1.45 bits per heavy atom. The molecular weight excluding hydrogens is 262 g/mol. The van der Waals surface area contributed by atoms with E-state index in [4.69, 9.17) is 5.11 Å². The van der Waals surface area contributed by atoms with Crippen LogP contribution in [0.2, 0.25) is 0 Å². The molecule has 0 radical (unpaired) electrons. The predicted molar refractivity (Wildman–Crippen MR) is 72.1 cm³/mol. The summed E-state index contributed by atoms with van der Waals surface area (Å²) in [5.74, 6) is -0.908. The van der Waals surface area contributed by atoms with Crippen molar-refractivity contribution in [2.75, 3.05) is 13.1 Å². The highest BCUT2D eigenvalue weighted by atomic mass is 16.4. The lowest BCUT2D eigenvalue weighted by atomic mass is 10.3. The number of rotatable bonds is 8. The number of carbonyl (C=O) groups is 2. The molecular formula is C12H21N5O3. The van der Waals surface area contributed by atoms with Gasteiger partial charge in [-0.25, -0.2) is 4.79 Å². The number of carboxylic acid groups (broad SMARTS) is 1. The Morgan fingerprint density at radius 3 is 2.75 bits per heavy atom. The van der Waals surface area contributed by atoms with Gasteiger partial charge in [-0.05, 0) is 20.3 Å². The number of urea groups is 1. The SMILES string of the molecule is CC(C)N(CCC(=O)O)C(=O)NCCCn1ccnn1. The standard InChI is InChI=1S/C12H21N5O3/c1-10(2)17(8-4-11(18)19)12(20)13-5-3-7-16-9-6-14-15-16/h6,9-10H,3-5,7-8H2,1-2H3,(H,13,20)(H,18,19). The zero-order valence-electron chi connectivity index (χ0n) is 11.8. The number of aryl methyl sites for hydroxylation is 1. The molecule has 0 aliphatic rings. The minimum Gasteiger partial charge on any atom is -0.481 e. The van der Waals surface area contributed by atoms with Gasteiger partial charge in [0.2, 0.25) is 0 Å². The van der Waals surface area contributed by atoms with Gasteiger partial charge < -0.3 is 15.3 Å². The molecule has 0 saturated carbocycles. The summed E-state index contributed by atoms with van der Waals surface area (Å²) >= 11 is 0. The van der Waals surface area contributed by atoms with Crippen LogP contribution in [0.3, 0.4) is 0 Å². The van der Waals surface area contributed by atoms with Crippen LogP contribution >= 0.6 is 0 Å². The molecule has 0 saturated heterocycles. The molecule has 0 unspecified atom stereocenters. The maximum absolute atomic E-state index is 11.9. The number of carbonyl (C=O) groups excluding carboxylic acids is 1. The zero-order valence-corrected chi connectivity index (χ0v) is 11.8. The molecule has 0 aliphatic carbocycles. The Labute approximate surface area is 117 Å². The highest BCUT2D eigenvalue weighted by Gasteiger charge is 2.17. The Morgan fingerprint density at radius 2 is 2.20 bits per heavy atom. The molecule has 0 fully saturated rings. The van der Waals surface area contributed by atoms with Crippen LogP contribution in [-0.2, 0) is 11.3 Å². The maximum Gasteiger partial charge on any atom is 0.317 e. The summed E-state index contributed by atoms with van der Waals surface area (Å²) in [6.45, 7) is 5.11. The van der Waals surface area contributed by atoms with Crippen molar-refractivity contribution in [3.05, 3.63) is 12.4 Å². The monoisotopic (exact) mass is 283 g/mol. The number of amides is 2. The number of hydrogen-bond donors (Lipinski definition) is 2. The number of aliphatic carboxylic acids is 1. The highest BCUT2D eigenvalue weighted by Crippen LogP contribution is 2.01. The number of nitrogens with one attached hydrogen (secondary N) is 1. The number of aromatic nitrogens is 3. The van der Waals surface area contributed by atoms with Crippen LogP contribution in [0.4, 0.5) is 4.79 Å². The van der Waals surface area contributed by atoms with Gasteiger partial charge in [0.05, 0.1) is 12.6 Å². The van der Waals surface area contributed by atoms with Gasteiger partial charge >= 0.3 is 12.0 Å². The first-order valence-corrected chi connectivity index (χ1v) is 6.61. The second-order valence-corrected chi connectivity index (χ2v) is 4.68. The molecule has 0 bridgehead atoms. The fourth-order valence-electron chi connectivity index (χ4n) is 1.70. The molecule has 1 rings (SSSR count). The van der Waals surface area contributed by atoms with Crippen molar-refractivity contribution < 1.29 is 14.7 Å². The molecule has 0 aromatic carbocycles. The number of hydrogen-bond acceptors (Lipinski definition) is 4. The van der Waals surface area contributed by atoms with Crippen LogP contribution in [0.1, 0.15) is 26.7 Å². The lowest BCUT2D eigenvalue weighted by molar-refractivity contribution is -0.137. The van der Waals surface area contributed by atoms with Crippen molar-refractivity contribution in [1.29, 1.82) is 0 Å². The molecule has 2 N–H and O–H groups in total. The number of nitrogens with zero attached hydrogens (tertiary/aromatic N) is 4. The molecule has 8 heteroatoms. The molecule has 0 spiro atoms. The minimum absolute atomic E-state index is 0.0373. The topological polar surface area (TPSA) is 100 Å². The molecule has 2 amide bonds. The van der Waals surface area contributed by atoms with Crippen LogP contribution in [0, 0.1) is 0 Å². The average molecular weight is 283 g/mol. The summed E-state index contributed by atoms with van der Waals surface area (Å²) in [5.41, 5.74) is 0.